The fourth-order valence-electron chi connectivity index (χ4n) is 0. The summed E-state index contributed by atoms with van der Waals surface area (Å²) in [5.74, 6) is 0. The monoisotopic (exact) mass is 278 g/mol. The molecular weight excluding hydrogens is 277 g/mol. The Labute approximate surface area is 49.4 Å². The molecule has 36 valence electrons. The van der Waals surface area contributed by atoms with Crippen LogP contribution >= 0.6 is 12.4 Å². The van der Waals surface area contributed by atoms with Gasteiger partial charge in [0.15, 0.2) is 5.34 Å². The summed E-state index contributed by atoms with van der Waals surface area (Å²) in [7, 11) is 0. The van der Waals surface area contributed by atoms with Gasteiger partial charge in [0.2, 0.25) is 0 Å². The van der Waals surface area contributed by atoms with Crippen molar-refractivity contribution in [1.29, 1.82) is 0 Å². The minimum Gasteiger partial charge on any atom is -0.379 e. The molecule has 0 heterocycles. The fraction of sp³-hybridized carbons (Fsp3) is 0. The van der Waals surface area contributed by atoms with E-state index in [1.54, 1.807) is 0 Å². The van der Waals surface area contributed by atoms with Crippen molar-refractivity contribution in [2.75, 3.05) is 0 Å². The van der Waals surface area contributed by atoms with Gasteiger partial charge < -0.3 is 5.21 Å². The molecular formula is H2ClNO2Pt. The summed E-state index contributed by atoms with van der Waals surface area (Å²) in [6, 6.07) is 0. The molecule has 0 radical (unpaired) electrons. The maximum Gasteiger partial charge on any atom is 0.152 e. The molecule has 0 aromatic rings. The minimum absolute atomic E-state index is 0. The van der Waals surface area contributed by atoms with E-state index in [-0.39, 0.29) is 33.5 Å². The second-order valence-electron chi connectivity index (χ2n) is 0.0816. The zero-order valence-corrected chi connectivity index (χ0v) is 5.12. The predicted molar refractivity (Wildman–Crippen MR) is 14.8 cm³/mol. The number of nitrogens with zero attached hydrogens (tertiary/aromatic N) is 1. The Morgan fingerprint density at radius 1 is 1.60 bits per heavy atom. The van der Waals surface area contributed by atoms with Gasteiger partial charge in [-0.1, -0.05) is 0 Å². The van der Waals surface area contributed by atoms with Gasteiger partial charge in [-0.05, 0) is 0 Å². The molecule has 0 rings (SSSR count). The van der Waals surface area contributed by atoms with E-state index in [9.17, 15) is 0 Å². The molecule has 0 spiro atoms. The molecule has 0 aromatic heterocycles. The molecule has 0 saturated carbocycles. The van der Waals surface area contributed by atoms with Gasteiger partial charge in [0.05, 0.1) is 0 Å². The summed E-state index contributed by atoms with van der Waals surface area (Å²) in [4.78, 5) is 8.11. The van der Waals surface area contributed by atoms with E-state index >= 15 is 0 Å². The van der Waals surface area contributed by atoms with Gasteiger partial charge in [0.25, 0.3) is 0 Å². The number of halogens is 1. The van der Waals surface area contributed by atoms with E-state index in [1.807, 2.05) is 0 Å². The third-order valence-electron chi connectivity index (χ3n) is 0. The summed E-state index contributed by atoms with van der Waals surface area (Å²) in [5.41, 5.74) is 0. The first-order valence-electron chi connectivity index (χ1n) is 0.383. The topological polar surface area (TPSA) is 49.7 Å². The van der Waals surface area contributed by atoms with Crippen LogP contribution in [-0.4, -0.2) is 5.21 Å². The standard InChI is InChI=1S/ClH.HNO2.Pt/c;2-1-3;/h1H;(H,2,3);. The van der Waals surface area contributed by atoms with Crippen LogP contribution in [0.3, 0.4) is 0 Å². The SMILES string of the molecule is Cl.O=NO.[Pt]. The van der Waals surface area contributed by atoms with Crippen molar-refractivity contribution in [2.45, 2.75) is 0 Å². The molecule has 0 aromatic carbocycles. The Morgan fingerprint density at radius 2 is 1.60 bits per heavy atom. The second kappa shape index (κ2) is 26.3. The van der Waals surface area contributed by atoms with Crippen LogP contribution in [0.15, 0.2) is 5.34 Å². The van der Waals surface area contributed by atoms with E-state index in [0.29, 0.717) is 0 Å². The maximum atomic E-state index is 8.11. The normalized spacial score (nSPS) is 2.40. The van der Waals surface area contributed by atoms with Crippen molar-refractivity contribution in [3.8, 4) is 0 Å². The van der Waals surface area contributed by atoms with Gasteiger partial charge in [-0.3, -0.25) is 0 Å². The first kappa shape index (κ1) is 18.2. The van der Waals surface area contributed by atoms with Crippen molar-refractivity contribution >= 4 is 12.4 Å². The minimum atomic E-state index is 0. The van der Waals surface area contributed by atoms with Gasteiger partial charge in [-0.15, -0.1) is 17.3 Å². The maximum absolute atomic E-state index is 8.11. The Hall–Kier alpha value is 0.378. The zero-order valence-electron chi connectivity index (χ0n) is 2.03. The Balaban J connectivity index is -0.0000000200. The van der Waals surface area contributed by atoms with Crippen molar-refractivity contribution in [2.24, 2.45) is 5.34 Å². The van der Waals surface area contributed by atoms with Crippen LogP contribution in [0.4, 0.5) is 0 Å². The first-order valence-corrected chi connectivity index (χ1v) is 0.383. The average Bonchev–Trinajstić information content (AvgIpc) is 0.918. The van der Waals surface area contributed by atoms with Gasteiger partial charge in [0.1, 0.15) is 0 Å². The summed E-state index contributed by atoms with van der Waals surface area (Å²) in [5, 5.41) is 7.89. The molecule has 0 fully saturated rings. The van der Waals surface area contributed by atoms with Gasteiger partial charge in [-0.2, -0.15) is 0 Å². The number of hydrogen-bond donors (Lipinski definition) is 1. The third kappa shape index (κ3) is 173. The Morgan fingerprint density at radius 3 is 1.60 bits per heavy atom. The summed E-state index contributed by atoms with van der Waals surface area (Å²) >= 11 is 0. The van der Waals surface area contributed by atoms with E-state index in [4.69, 9.17) is 10.1 Å². The smallest absolute Gasteiger partial charge is 0.152 e. The number of hydrogen-bond acceptors (Lipinski definition) is 2. The molecule has 1 N–H and O–H groups in total. The molecule has 0 aliphatic carbocycles. The van der Waals surface area contributed by atoms with Crippen LogP contribution in [0.5, 0.6) is 0 Å². The number of rotatable bonds is 0. The van der Waals surface area contributed by atoms with Crippen LogP contribution in [0, 0.1) is 4.91 Å². The molecule has 0 atom stereocenters. The summed E-state index contributed by atoms with van der Waals surface area (Å²) in [6.45, 7) is 0. The Kier molecular flexibility index (Phi) is 95.9. The summed E-state index contributed by atoms with van der Waals surface area (Å²) < 4.78 is 0. The molecule has 0 bridgehead atoms. The zero-order chi connectivity index (χ0) is 2.71. The van der Waals surface area contributed by atoms with Gasteiger partial charge >= 0.3 is 0 Å². The van der Waals surface area contributed by atoms with Crippen LogP contribution in [0.1, 0.15) is 0 Å². The first-order chi connectivity index (χ1) is 1.41. The fourth-order valence-corrected chi connectivity index (χ4v) is 0. The largest absolute Gasteiger partial charge is 0.379 e. The van der Waals surface area contributed by atoms with Crippen LogP contribution in [-0.2, 0) is 21.1 Å². The molecule has 0 unspecified atom stereocenters. The van der Waals surface area contributed by atoms with Crippen molar-refractivity contribution in [3.63, 3.8) is 0 Å². The molecule has 3 nitrogen and oxygen atoms in total. The van der Waals surface area contributed by atoms with Gasteiger partial charge in [-0.25, -0.2) is 0 Å². The molecule has 5 heteroatoms. The van der Waals surface area contributed by atoms with Crippen molar-refractivity contribution in [3.05, 3.63) is 4.91 Å². The van der Waals surface area contributed by atoms with E-state index in [2.05, 4.69) is 0 Å². The van der Waals surface area contributed by atoms with E-state index < -0.39 is 0 Å². The van der Waals surface area contributed by atoms with Crippen molar-refractivity contribution < 1.29 is 26.3 Å². The van der Waals surface area contributed by atoms with Crippen LogP contribution in [0.25, 0.3) is 0 Å². The molecule has 0 aliphatic rings. The molecule has 5 heavy (non-hydrogen) atoms. The van der Waals surface area contributed by atoms with Crippen molar-refractivity contribution in [1.82, 2.24) is 0 Å². The van der Waals surface area contributed by atoms with E-state index in [0.717, 1.165) is 0 Å². The van der Waals surface area contributed by atoms with E-state index in [1.165, 1.54) is 5.34 Å². The molecule has 0 amide bonds. The quantitative estimate of drug-likeness (QED) is 0.520. The summed E-state index contributed by atoms with van der Waals surface area (Å²) in [6.07, 6.45) is 0. The average molecular weight is 279 g/mol. The van der Waals surface area contributed by atoms with Gasteiger partial charge in [0, 0.05) is 21.1 Å². The predicted octanol–water partition coefficient (Wildman–Crippen LogP) is 0.561. The third-order valence-corrected chi connectivity index (χ3v) is 0. The van der Waals surface area contributed by atoms with Crippen LogP contribution < -0.4 is 0 Å². The molecule has 0 aliphatic heterocycles. The Bertz CT molecular complexity index is 17.1. The van der Waals surface area contributed by atoms with Crippen LogP contribution in [0.2, 0.25) is 0 Å². The molecule has 0 saturated heterocycles. The second-order valence-corrected chi connectivity index (χ2v) is 0.0816.